The van der Waals surface area contributed by atoms with E-state index in [1.54, 1.807) is 0 Å². The Hall–Kier alpha value is -1.50. The average Bonchev–Trinajstić information content (AvgIpc) is 2.59. The first-order valence-corrected chi connectivity index (χ1v) is 7.59. The molecule has 1 aliphatic rings. The molecule has 0 amide bonds. The minimum atomic E-state index is -4.94. The number of fused-ring (bicyclic) bond motifs is 3. The highest BCUT2D eigenvalue weighted by molar-refractivity contribution is 5.48. The van der Waals surface area contributed by atoms with Crippen LogP contribution < -0.4 is 23.2 Å². The van der Waals surface area contributed by atoms with Crippen LogP contribution in [-0.4, -0.2) is 0 Å². The Labute approximate surface area is 125 Å². The summed E-state index contributed by atoms with van der Waals surface area (Å²) in [5, 5.41) is 0. The zero-order chi connectivity index (χ0) is 15.8. The van der Waals surface area contributed by atoms with Crippen LogP contribution in [0.4, 0.5) is 0 Å². The summed E-state index contributed by atoms with van der Waals surface area (Å²) < 4.78 is 36.3. The van der Waals surface area contributed by atoms with Gasteiger partial charge in [-0.2, -0.15) is 4.57 Å². The van der Waals surface area contributed by atoms with Crippen LogP contribution in [-0.2, 0) is 5.41 Å². The highest BCUT2D eigenvalue weighted by Crippen LogP contribution is 2.37. The smallest absolute Gasteiger partial charge is 0.215 e. The number of aromatic nitrogens is 1. The fraction of sp³-hybridized carbons (Fsp3) is 0.267. The summed E-state index contributed by atoms with van der Waals surface area (Å²) in [6.45, 7) is 6.76. The minimum absolute atomic E-state index is 0.114. The van der Waals surface area contributed by atoms with Crippen LogP contribution in [0.1, 0.15) is 30.8 Å². The van der Waals surface area contributed by atoms with Gasteiger partial charge in [0.2, 0.25) is 5.69 Å². The number of aryl methyl sites for hydroxylation is 1. The predicted molar refractivity (Wildman–Crippen MR) is 64.8 cm³/mol. The van der Waals surface area contributed by atoms with E-state index in [9.17, 15) is 0 Å². The predicted octanol–water partition coefficient (Wildman–Crippen LogP) is -1.84. The van der Waals surface area contributed by atoms with E-state index < -0.39 is 10.2 Å². The molecule has 2 heterocycles. The van der Waals surface area contributed by atoms with Crippen molar-refractivity contribution in [1.82, 2.24) is 0 Å². The molecule has 0 unspecified atom stereocenters. The summed E-state index contributed by atoms with van der Waals surface area (Å²) in [5.74, 6) is 0. The number of benzene rings is 1. The van der Waals surface area contributed by atoms with E-state index in [-0.39, 0.29) is 5.41 Å². The lowest BCUT2D eigenvalue weighted by atomic mass is 9.83. The van der Waals surface area contributed by atoms with Gasteiger partial charge in [-0.3, -0.25) is 0 Å². The van der Waals surface area contributed by atoms with E-state index in [2.05, 4.69) is 67.8 Å². The molecule has 0 saturated carbocycles. The molecule has 1 aliphatic heterocycles. The first kappa shape index (κ1) is 15.9. The van der Waals surface area contributed by atoms with Gasteiger partial charge >= 0.3 is 0 Å². The molecular formula is C15H16ClNO4. The molecule has 1 aromatic carbocycles. The zero-order valence-corrected chi connectivity index (χ0v) is 12.8. The monoisotopic (exact) mass is 309 g/mol. The van der Waals surface area contributed by atoms with E-state index in [4.69, 9.17) is 18.6 Å². The topological polar surface area (TPSA) is 96.1 Å². The largest absolute Gasteiger partial charge is 0.222 e. The molecule has 5 nitrogen and oxygen atoms in total. The van der Waals surface area contributed by atoms with Crippen molar-refractivity contribution in [3.8, 4) is 5.69 Å². The maximum Gasteiger partial charge on any atom is 0.215 e. The quantitative estimate of drug-likeness (QED) is 0.534. The van der Waals surface area contributed by atoms with Crippen molar-refractivity contribution in [2.24, 2.45) is 0 Å². The molecule has 112 valence electrons. The molecule has 21 heavy (non-hydrogen) atoms. The van der Waals surface area contributed by atoms with Crippen LogP contribution in [0.15, 0.2) is 42.5 Å². The third-order valence-corrected chi connectivity index (χ3v) is 3.64. The highest BCUT2D eigenvalue weighted by atomic mass is 35.7. The fourth-order valence-electron chi connectivity index (χ4n) is 2.76. The van der Waals surface area contributed by atoms with Crippen molar-refractivity contribution in [3.05, 3.63) is 59.4 Å². The van der Waals surface area contributed by atoms with Gasteiger partial charge in [-0.1, -0.05) is 18.2 Å². The molecule has 3 rings (SSSR count). The van der Waals surface area contributed by atoms with Crippen molar-refractivity contribution in [2.45, 2.75) is 26.2 Å². The van der Waals surface area contributed by atoms with Crippen LogP contribution in [0.25, 0.3) is 5.69 Å². The molecule has 0 fully saturated rings. The minimum Gasteiger partial charge on any atom is -0.222 e. The van der Waals surface area contributed by atoms with Crippen molar-refractivity contribution >= 4 is 0 Å². The Morgan fingerprint density at radius 2 is 1.48 bits per heavy atom. The molecule has 0 radical (unpaired) electrons. The van der Waals surface area contributed by atoms with Crippen molar-refractivity contribution in [1.29, 1.82) is 0 Å². The first-order chi connectivity index (χ1) is 9.62. The zero-order valence-electron chi connectivity index (χ0n) is 12.0. The molecule has 0 atom stereocenters. The Kier molecular flexibility index (Phi) is 4.06. The van der Waals surface area contributed by atoms with E-state index in [0.29, 0.717) is 0 Å². The van der Waals surface area contributed by atoms with Crippen molar-refractivity contribution < 1.29 is 33.4 Å². The van der Waals surface area contributed by atoms with Crippen LogP contribution in [0.5, 0.6) is 0 Å². The Balaban J connectivity index is 0.000000282. The van der Waals surface area contributed by atoms with Crippen LogP contribution in [0, 0.1) is 17.2 Å². The summed E-state index contributed by atoms with van der Waals surface area (Å²) in [6.07, 6.45) is 0. The van der Waals surface area contributed by atoms with E-state index in [0.717, 1.165) is 0 Å². The number of hydrogen-bond donors (Lipinski definition) is 0. The maximum absolute atomic E-state index is 8.49. The van der Waals surface area contributed by atoms with Gasteiger partial charge in [-0.05, 0) is 19.9 Å². The maximum atomic E-state index is 8.49. The van der Waals surface area contributed by atoms with E-state index in [1.807, 2.05) is 0 Å². The summed E-state index contributed by atoms with van der Waals surface area (Å²) in [7, 11) is -4.94. The molecule has 2 aromatic rings. The molecule has 0 saturated heterocycles. The second-order valence-electron chi connectivity index (χ2n) is 5.41. The second-order valence-corrected chi connectivity index (χ2v) is 6.16. The Morgan fingerprint density at radius 1 is 0.905 bits per heavy atom. The lowest BCUT2D eigenvalue weighted by Gasteiger charge is -2.17. The molecule has 0 bridgehead atoms. The van der Waals surface area contributed by atoms with Gasteiger partial charge < -0.3 is 0 Å². The standard InChI is InChI=1S/C15H16N.ClHO4/c1-11-7-6-10-14-15(2,3)12-8-4-5-9-13(12)16(11)14;2-1(3,4)5/h4-10H,1-3H3;(H,2,3,4,5)/q+1;/p-1. The van der Waals surface area contributed by atoms with Gasteiger partial charge in [0.15, 0.2) is 11.4 Å². The Bertz CT molecular complexity index is 659. The Morgan fingerprint density at radius 3 is 2.10 bits per heavy atom. The number of pyridine rings is 1. The molecule has 6 heteroatoms. The number of rotatable bonds is 0. The van der Waals surface area contributed by atoms with E-state index >= 15 is 0 Å². The van der Waals surface area contributed by atoms with Crippen LogP contribution in [0.2, 0.25) is 0 Å². The lowest BCUT2D eigenvalue weighted by Crippen LogP contribution is -2.68. The summed E-state index contributed by atoms with van der Waals surface area (Å²) >= 11 is 0. The molecule has 0 spiro atoms. The summed E-state index contributed by atoms with van der Waals surface area (Å²) in [5.41, 5.74) is 5.55. The van der Waals surface area contributed by atoms with Gasteiger partial charge in [0, 0.05) is 30.7 Å². The molecule has 1 aromatic heterocycles. The van der Waals surface area contributed by atoms with Crippen LogP contribution in [0.3, 0.4) is 0 Å². The van der Waals surface area contributed by atoms with Gasteiger partial charge in [-0.15, -0.1) is 10.2 Å². The van der Waals surface area contributed by atoms with Crippen molar-refractivity contribution in [2.75, 3.05) is 0 Å². The average molecular weight is 310 g/mol. The van der Waals surface area contributed by atoms with Gasteiger partial charge in [0.05, 0.1) is 5.41 Å². The SMILES string of the molecule is Cc1cccc2[n+]1-c1ccccc1C2(C)C.[O-][Cl+3]([O-])([O-])[O-]. The molecule has 0 aliphatic carbocycles. The van der Waals surface area contributed by atoms with E-state index in [1.165, 1.54) is 22.6 Å². The van der Waals surface area contributed by atoms with Gasteiger partial charge in [-0.25, -0.2) is 18.6 Å². The summed E-state index contributed by atoms with van der Waals surface area (Å²) in [6, 6.07) is 15.2. The summed E-state index contributed by atoms with van der Waals surface area (Å²) in [4.78, 5) is 0. The first-order valence-electron chi connectivity index (χ1n) is 6.36. The lowest BCUT2D eigenvalue weighted by molar-refractivity contribution is -2.00. The molecular weight excluding hydrogens is 294 g/mol. The van der Waals surface area contributed by atoms with Gasteiger partial charge in [0.25, 0.3) is 0 Å². The number of nitrogens with zero attached hydrogens (tertiary/aromatic N) is 1. The van der Waals surface area contributed by atoms with Crippen LogP contribution >= 0.6 is 0 Å². The fourth-order valence-corrected chi connectivity index (χ4v) is 2.76. The third-order valence-electron chi connectivity index (χ3n) is 3.64. The van der Waals surface area contributed by atoms with Gasteiger partial charge in [0.1, 0.15) is 0 Å². The number of para-hydroxylation sites is 1. The second kappa shape index (κ2) is 5.36. The molecule has 0 N–H and O–H groups in total. The number of halogens is 1. The highest BCUT2D eigenvalue weighted by Gasteiger charge is 2.43. The normalized spacial score (nSPS) is 14.8. The number of hydrogen-bond acceptors (Lipinski definition) is 4. The third kappa shape index (κ3) is 3.23. The van der Waals surface area contributed by atoms with Crippen molar-refractivity contribution in [3.63, 3.8) is 0 Å².